The first-order chi connectivity index (χ1) is 12.8. The summed E-state index contributed by atoms with van der Waals surface area (Å²) in [6.45, 7) is 0.270. The number of anilines is 1. The molecule has 0 heterocycles. The summed E-state index contributed by atoms with van der Waals surface area (Å²) in [6.07, 6.45) is 0. The van der Waals surface area contributed by atoms with Gasteiger partial charge in [-0.25, -0.2) is 13.2 Å². The van der Waals surface area contributed by atoms with Crippen LogP contribution in [0.5, 0.6) is 0 Å². The van der Waals surface area contributed by atoms with Crippen LogP contribution < -0.4 is 10.6 Å². The minimum atomic E-state index is -1.64. The number of hydrogen-bond acceptors (Lipinski definition) is 2. The fourth-order valence-corrected chi connectivity index (χ4v) is 2.43. The lowest BCUT2D eigenvalue weighted by Gasteiger charge is -2.22. The first-order valence-corrected chi connectivity index (χ1v) is 8.29. The smallest absolute Gasteiger partial charge is 0.243 e. The first-order valence-electron chi connectivity index (χ1n) is 7.91. The molecule has 0 aliphatic carbocycles. The molecule has 2 aromatic rings. The zero-order chi connectivity index (χ0) is 20.0. The normalized spacial score (nSPS) is 11.3. The molecule has 2 aromatic carbocycles. The highest BCUT2D eigenvalue weighted by atomic mass is 35.5. The molecule has 0 unspecified atom stereocenters. The average molecular weight is 399 g/mol. The molecule has 0 aromatic heterocycles. The van der Waals surface area contributed by atoms with E-state index in [0.717, 1.165) is 17.7 Å². The van der Waals surface area contributed by atoms with Gasteiger partial charge in [-0.2, -0.15) is 0 Å². The molecule has 0 saturated carbocycles. The largest absolute Gasteiger partial charge is 0.347 e. The van der Waals surface area contributed by atoms with Crippen molar-refractivity contribution in [2.24, 2.45) is 4.99 Å². The van der Waals surface area contributed by atoms with E-state index in [1.807, 2.05) is 12.1 Å². The van der Waals surface area contributed by atoms with E-state index in [2.05, 4.69) is 15.6 Å². The van der Waals surface area contributed by atoms with Gasteiger partial charge >= 0.3 is 0 Å². The summed E-state index contributed by atoms with van der Waals surface area (Å²) in [6, 6.07) is 8.96. The number of carbonyl (C=O) groups excluding carboxylic acids is 1. The molecular formula is C18H18ClF3N4O. The van der Waals surface area contributed by atoms with Crippen molar-refractivity contribution in [3.8, 4) is 0 Å². The minimum Gasteiger partial charge on any atom is -0.347 e. The van der Waals surface area contributed by atoms with E-state index in [1.165, 1.54) is 0 Å². The molecule has 144 valence electrons. The van der Waals surface area contributed by atoms with Crippen LogP contribution >= 0.6 is 11.6 Å². The van der Waals surface area contributed by atoms with Crippen LogP contribution in [-0.4, -0.2) is 37.4 Å². The number of halogens is 4. The Hall–Kier alpha value is -2.74. The molecule has 0 aliphatic heterocycles. The number of hydrogen-bond donors (Lipinski definition) is 2. The first kappa shape index (κ1) is 20.6. The second-order valence-corrected chi connectivity index (χ2v) is 6.09. The zero-order valence-electron chi connectivity index (χ0n) is 14.7. The maximum atomic E-state index is 13.6. The summed E-state index contributed by atoms with van der Waals surface area (Å²) in [5, 5.41) is 5.62. The maximum Gasteiger partial charge on any atom is 0.243 e. The monoisotopic (exact) mass is 398 g/mol. The molecule has 5 nitrogen and oxygen atoms in total. The van der Waals surface area contributed by atoms with Crippen LogP contribution in [0.3, 0.4) is 0 Å². The van der Waals surface area contributed by atoms with E-state index in [-0.39, 0.29) is 6.54 Å². The molecule has 27 heavy (non-hydrogen) atoms. The lowest BCUT2D eigenvalue weighted by molar-refractivity contribution is -0.115. The SMILES string of the molecule is CN=C(NCC(=O)Nc1ccc(F)c(F)c1F)N(C)Cc1ccc(Cl)cc1. The summed E-state index contributed by atoms with van der Waals surface area (Å²) in [5.74, 6) is -4.63. The Morgan fingerprint density at radius 2 is 1.78 bits per heavy atom. The van der Waals surface area contributed by atoms with Crippen molar-refractivity contribution in [1.29, 1.82) is 0 Å². The van der Waals surface area contributed by atoms with Gasteiger partial charge in [0, 0.05) is 25.7 Å². The molecule has 0 spiro atoms. The van der Waals surface area contributed by atoms with E-state index in [1.54, 1.807) is 31.1 Å². The van der Waals surface area contributed by atoms with Crippen molar-refractivity contribution in [1.82, 2.24) is 10.2 Å². The van der Waals surface area contributed by atoms with Crippen LogP contribution in [0.15, 0.2) is 41.4 Å². The van der Waals surface area contributed by atoms with Gasteiger partial charge < -0.3 is 15.5 Å². The van der Waals surface area contributed by atoms with Gasteiger partial charge in [0.15, 0.2) is 23.4 Å². The molecular weight excluding hydrogens is 381 g/mol. The van der Waals surface area contributed by atoms with Crippen molar-refractivity contribution in [2.45, 2.75) is 6.54 Å². The van der Waals surface area contributed by atoms with Crippen molar-refractivity contribution >= 4 is 29.2 Å². The molecule has 0 atom stereocenters. The second kappa shape index (κ2) is 9.27. The molecule has 1 amide bonds. The summed E-state index contributed by atoms with van der Waals surface area (Å²) in [4.78, 5) is 17.8. The summed E-state index contributed by atoms with van der Waals surface area (Å²) >= 11 is 5.85. The molecule has 9 heteroatoms. The fourth-order valence-electron chi connectivity index (χ4n) is 2.30. The Balaban J connectivity index is 1.92. The Morgan fingerprint density at radius 1 is 1.11 bits per heavy atom. The predicted octanol–water partition coefficient (Wildman–Crippen LogP) is 3.40. The third-order valence-corrected chi connectivity index (χ3v) is 3.87. The summed E-state index contributed by atoms with van der Waals surface area (Å²) in [7, 11) is 3.32. The molecule has 0 bridgehead atoms. The minimum absolute atomic E-state index is 0.240. The van der Waals surface area contributed by atoms with E-state index in [4.69, 9.17) is 11.6 Å². The second-order valence-electron chi connectivity index (χ2n) is 5.65. The third kappa shape index (κ3) is 5.62. The molecule has 0 saturated heterocycles. The van der Waals surface area contributed by atoms with Gasteiger partial charge in [0.05, 0.1) is 12.2 Å². The number of benzene rings is 2. The van der Waals surface area contributed by atoms with Crippen LogP contribution in [0.25, 0.3) is 0 Å². The number of nitrogens with one attached hydrogen (secondary N) is 2. The van der Waals surface area contributed by atoms with Crippen molar-refractivity contribution in [3.63, 3.8) is 0 Å². The van der Waals surface area contributed by atoms with Gasteiger partial charge in [-0.05, 0) is 29.8 Å². The number of amides is 1. The van der Waals surface area contributed by atoms with Crippen LogP contribution in [0.2, 0.25) is 5.02 Å². The fraction of sp³-hybridized carbons (Fsp3) is 0.222. The highest BCUT2D eigenvalue weighted by molar-refractivity contribution is 6.30. The van der Waals surface area contributed by atoms with E-state index in [9.17, 15) is 18.0 Å². The maximum absolute atomic E-state index is 13.6. The number of rotatable bonds is 5. The summed E-state index contributed by atoms with van der Waals surface area (Å²) < 4.78 is 39.7. The highest BCUT2D eigenvalue weighted by Crippen LogP contribution is 2.19. The van der Waals surface area contributed by atoms with Gasteiger partial charge in [-0.3, -0.25) is 9.79 Å². The third-order valence-electron chi connectivity index (χ3n) is 3.62. The van der Waals surface area contributed by atoms with E-state index in [0.29, 0.717) is 17.5 Å². The Morgan fingerprint density at radius 3 is 2.41 bits per heavy atom. The van der Waals surface area contributed by atoms with Crippen LogP contribution in [0.4, 0.5) is 18.9 Å². The lowest BCUT2D eigenvalue weighted by atomic mass is 10.2. The van der Waals surface area contributed by atoms with Gasteiger partial charge in [0.2, 0.25) is 5.91 Å². The topological polar surface area (TPSA) is 56.7 Å². The Kier molecular flexibility index (Phi) is 7.06. The van der Waals surface area contributed by atoms with Gasteiger partial charge in [0.25, 0.3) is 0 Å². The van der Waals surface area contributed by atoms with Gasteiger partial charge in [0.1, 0.15) is 0 Å². The molecule has 0 radical (unpaired) electrons. The molecule has 2 rings (SSSR count). The zero-order valence-corrected chi connectivity index (χ0v) is 15.4. The van der Waals surface area contributed by atoms with Crippen molar-refractivity contribution < 1.29 is 18.0 Å². The van der Waals surface area contributed by atoms with Crippen LogP contribution in [0.1, 0.15) is 5.56 Å². The van der Waals surface area contributed by atoms with Crippen molar-refractivity contribution in [2.75, 3.05) is 26.0 Å². The van der Waals surface area contributed by atoms with Crippen molar-refractivity contribution in [3.05, 3.63) is 64.4 Å². The molecule has 0 aliphatic rings. The predicted molar refractivity (Wildman–Crippen MR) is 99.2 cm³/mol. The van der Waals surface area contributed by atoms with E-state index < -0.39 is 29.0 Å². The molecule has 2 N–H and O–H groups in total. The van der Waals surface area contributed by atoms with Crippen LogP contribution in [0, 0.1) is 17.5 Å². The number of guanidine groups is 1. The number of nitrogens with zero attached hydrogens (tertiary/aromatic N) is 2. The summed E-state index contributed by atoms with van der Waals surface area (Å²) in [5.41, 5.74) is 0.545. The van der Waals surface area contributed by atoms with Gasteiger partial charge in [-0.1, -0.05) is 23.7 Å². The lowest BCUT2D eigenvalue weighted by Crippen LogP contribution is -2.42. The highest BCUT2D eigenvalue weighted by Gasteiger charge is 2.16. The quantitative estimate of drug-likeness (QED) is 0.461. The van der Waals surface area contributed by atoms with Gasteiger partial charge in [-0.15, -0.1) is 0 Å². The molecule has 0 fully saturated rings. The number of aliphatic imine (C=N–C) groups is 1. The van der Waals surface area contributed by atoms with E-state index >= 15 is 0 Å². The Labute approximate surface area is 159 Å². The number of carbonyl (C=O) groups is 1. The average Bonchev–Trinajstić information content (AvgIpc) is 2.64. The standard InChI is InChI=1S/C18H18ClF3N4O/c1-23-18(26(2)10-11-3-5-12(19)6-4-11)24-9-15(27)25-14-8-7-13(20)16(21)17(14)22/h3-8H,9-10H2,1-2H3,(H,23,24)(H,25,27). The van der Waals surface area contributed by atoms with Crippen LogP contribution in [-0.2, 0) is 11.3 Å². The Bertz CT molecular complexity index is 843.